The highest BCUT2D eigenvalue weighted by atomic mass is 19.1. The van der Waals surface area contributed by atoms with E-state index in [1.54, 1.807) is 36.4 Å². The maximum Gasteiger partial charge on any atom is 0.258 e. The number of ether oxygens (including phenoxy) is 1. The van der Waals surface area contributed by atoms with Crippen LogP contribution in [-0.4, -0.2) is 38.1 Å². The van der Waals surface area contributed by atoms with E-state index < -0.39 is 11.7 Å². The molecule has 0 aliphatic carbocycles. The third-order valence-corrected chi connectivity index (χ3v) is 3.45. The van der Waals surface area contributed by atoms with Crippen molar-refractivity contribution in [2.75, 3.05) is 31.6 Å². The van der Waals surface area contributed by atoms with Gasteiger partial charge in [-0.1, -0.05) is 24.3 Å². The minimum atomic E-state index is -0.605. The van der Waals surface area contributed by atoms with Crippen LogP contribution in [0.15, 0.2) is 48.5 Å². The summed E-state index contributed by atoms with van der Waals surface area (Å²) in [6.45, 7) is 0.182. The van der Waals surface area contributed by atoms with Crippen molar-refractivity contribution in [2.24, 2.45) is 0 Å². The average molecular weight is 370 g/mol. The highest BCUT2D eigenvalue weighted by molar-refractivity contribution is 5.85. The van der Waals surface area contributed by atoms with E-state index in [2.05, 4.69) is 16.0 Å². The fourth-order valence-corrected chi connectivity index (χ4v) is 2.14. The second-order valence-electron chi connectivity index (χ2n) is 5.43. The van der Waals surface area contributed by atoms with Gasteiger partial charge in [-0.25, -0.2) is 4.39 Å². The van der Waals surface area contributed by atoms with Crippen LogP contribution in [0, 0.1) is 17.1 Å². The molecule has 0 saturated heterocycles. The van der Waals surface area contributed by atoms with Gasteiger partial charge in [0.2, 0.25) is 5.91 Å². The van der Waals surface area contributed by atoms with Crippen molar-refractivity contribution in [1.29, 1.82) is 5.26 Å². The maximum absolute atomic E-state index is 13.5. The van der Waals surface area contributed by atoms with Gasteiger partial charge in [0.15, 0.2) is 6.61 Å². The molecule has 0 radical (unpaired) electrons. The summed E-state index contributed by atoms with van der Waals surface area (Å²) in [7, 11) is 0. The molecule has 0 aromatic heterocycles. The van der Waals surface area contributed by atoms with Crippen LogP contribution in [0.1, 0.15) is 5.56 Å². The molecule has 0 heterocycles. The topological polar surface area (TPSA) is 103 Å². The van der Waals surface area contributed by atoms with Gasteiger partial charge in [-0.3, -0.25) is 9.59 Å². The SMILES string of the molecule is N#Cc1c(F)cccc1NCCNC(=O)CNC(=O)COc1ccccc1. The molecule has 0 fully saturated rings. The number of carbonyl (C=O) groups is 2. The zero-order chi connectivity index (χ0) is 19.5. The van der Waals surface area contributed by atoms with E-state index in [4.69, 9.17) is 10.00 Å². The molecule has 0 atom stereocenters. The second-order valence-corrected chi connectivity index (χ2v) is 5.43. The Bertz CT molecular complexity index is 821. The fraction of sp³-hybridized carbons (Fsp3) is 0.211. The van der Waals surface area contributed by atoms with E-state index in [1.165, 1.54) is 12.1 Å². The Kier molecular flexibility index (Phi) is 7.60. The van der Waals surface area contributed by atoms with E-state index in [0.717, 1.165) is 0 Å². The van der Waals surface area contributed by atoms with Gasteiger partial charge < -0.3 is 20.7 Å². The normalized spacial score (nSPS) is 9.78. The van der Waals surface area contributed by atoms with E-state index in [0.29, 0.717) is 18.0 Å². The van der Waals surface area contributed by atoms with Gasteiger partial charge in [0.25, 0.3) is 5.91 Å². The quantitative estimate of drug-likeness (QED) is 0.579. The largest absolute Gasteiger partial charge is 0.484 e. The average Bonchev–Trinajstić information content (AvgIpc) is 2.69. The molecule has 7 nitrogen and oxygen atoms in total. The van der Waals surface area contributed by atoms with Crippen LogP contribution >= 0.6 is 0 Å². The summed E-state index contributed by atoms with van der Waals surface area (Å²) in [5.41, 5.74) is 0.285. The lowest BCUT2D eigenvalue weighted by molar-refractivity contribution is -0.127. The van der Waals surface area contributed by atoms with Crippen LogP contribution in [0.25, 0.3) is 0 Å². The number of nitrogens with zero attached hydrogens (tertiary/aromatic N) is 1. The third kappa shape index (κ3) is 6.66. The smallest absolute Gasteiger partial charge is 0.258 e. The van der Waals surface area contributed by atoms with E-state index in [-0.39, 0.29) is 31.2 Å². The molecule has 140 valence electrons. The molecule has 8 heteroatoms. The molecular formula is C19H19FN4O3. The molecule has 0 aliphatic heterocycles. The van der Waals surface area contributed by atoms with Crippen molar-refractivity contribution >= 4 is 17.5 Å². The molecule has 2 aromatic carbocycles. The van der Waals surface area contributed by atoms with Gasteiger partial charge in [0, 0.05) is 13.1 Å². The lowest BCUT2D eigenvalue weighted by Crippen LogP contribution is -2.40. The molecule has 0 aliphatic rings. The first-order valence-corrected chi connectivity index (χ1v) is 8.24. The lowest BCUT2D eigenvalue weighted by Gasteiger charge is -2.10. The van der Waals surface area contributed by atoms with Crippen LogP contribution in [0.5, 0.6) is 5.75 Å². The number of para-hydroxylation sites is 1. The van der Waals surface area contributed by atoms with Crippen LogP contribution in [0.2, 0.25) is 0 Å². The second kappa shape index (κ2) is 10.4. The van der Waals surface area contributed by atoms with Crippen molar-refractivity contribution in [2.45, 2.75) is 0 Å². The summed E-state index contributed by atoms with van der Waals surface area (Å²) in [6, 6.07) is 14.9. The molecule has 2 aromatic rings. The third-order valence-electron chi connectivity index (χ3n) is 3.45. The first-order valence-electron chi connectivity index (χ1n) is 8.24. The Labute approximate surface area is 156 Å². The number of carbonyl (C=O) groups excluding carboxylic acids is 2. The summed E-state index contributed by atoms with van der Waals surface area (Å²) < 4.78 is 18.7. The predicted octanol–water partition coefficient (Wildman–Crippen LogP) is 1.42. The highest BCUT2D eigenvalue weighted by Gasteiger charge is 2.08. The summed E-state index contributed by atoms with van der Waals surface area (Å²) in [5.74, 6) is -0.820. The van der Waals surface area contributed by atoms with Gasteiger partial charge in [0.1, 0.15) is 23.2 Å². The Morgan fingerprint density at radius 3 is 2.52 bits per heavy atom. The van der Waals surface area contributed by atoms with E-state index in [9.17, 15) is 14.0 Å². The van der Waals surface area contributed by atoms with Gasteiger partial charge in [0.05, 0.1) is 12.2 Å². The zero-order valence-corrected chi connectivity index (χ0v) is 14.5. The Morgan fingerprint density at radius 2 is 1.78 bits per heavy atom. The summed E-state index contributed by atoms with van der Waals surface area (Å²) in [5, 5.41) is 16.9. The number of amides is 2. The summed E-state index contributed by atoms with van der Waals surface area (Å²) >= 11 is 0. The number of benzene rings is 2. The zero-order valence-electron chi connectivity index (χ0n) is 14.5. The highest BCUT2D eigenvalue weighted by Crippen LogP contribution is 2.17. The van der Waals surface area contributed by atoms with Crippen LogP contribution in [0.4, 0.5) is 10.1 Å². The number of hydrogen-bond acceptors (Lipinski definition) is 5. The minimum Gasteiger partial charge on any atom is -0.484 e. The molecule has 2 amide bonds. The number of nitrogens with one attached hydrogen (secondary N) is 3. The molecule has 2 rings (SSSR count). The number of rotatable bonds is 9. The first-order chi connectivity index (χ1) is 13.1. The molecule has 27 heavy (non-hydrogen) atoms. The van der Waals surface area contributed by atoms with Gasteiger partial charge in [-0.05, 0) is 24.3 Å². The Hall–Kier alpha value is -3.60. The van der Waals surface area contributed by atoms with Crippen LogP contribution in [-0.2, 0) is 9.59 Å². The monoisotopic (exact) mass is 370 g/mol. The predicted molar refractivity (Wildman–Crippen MR) is 97.6 cm³/mol. The Morgan fingerprint density at radius 1 is 1.00 bits per heavy atom. The van der Waals surface area contributed by atoms with Crippen molar-refractivity contribution in [3.05, 3.63) is 59.9 Å². The number of hydrogen-bond donors (Lipinski definition) is 3. The fourth-order valence-electron chi connectivity index (χ4n) is 2.14. The molecule has 3 N–H and O–H groups in total. The summed E-state index contributed by atoms with van der Waals surface area (Å²) in [6.07, 6.45) is 0. The van der Waals surface area contributed by atoms with Crippen molar-refractivity contribution in [3.8, 4) is 11.8 Å². The molecule has 0 saturated carbocycles. The van der Waals surface area contributed by atoms with Crippen LogP contribution in [0.3, 0.4) is 0 Å². The van der Waals surface area contributed by atoms with Crippen LogP contribution < -0.4 is 20.7 Å². The van der Waals surface area contributed by atoms with Gasteiger partial charge >= 0.3 is 0 Å². The number of nitriles is 1. The number of anilines is 1. The van der Waals surface area contributed by atoms with Gasteiger partial charge in [-0.2, -0.15) is 5.26 Å². The van der Waals surface area contributed by atoms with Gasteiger partial charge in [-0.15, -0.1) is 0 Å². The van der Waals surface area contributed by atoms with Crippen molar-refractivity contribution in [3.63, 3.8) is 0 Å². The first kappa shape index (κ1) is 19.7. The van der Waals surface area contributed by atoms with E-state index in [1.807, 2.05) is 6.07 Å². The van der Waals surface area contributed by atoms with Crippen molar-refractivity contribution < 1.29 is 18.7 Å². The van der Waals surface area contributed by atoms with Crippen molar-refractivity contribution in [1.82, 2.24) is 10.6 Å². The van der Waals surface area contributed by atoms with E-state index >= 15 is 0 Å². The minimum absolute atomic E-state index is 0.0745. The maximum atomic E-state index is 13.5. The number of halogens is 1. The summed E-state index contributed by atoms with van der Waals surface area (Å²) in [4.78, 5) is 23.3. The Balaban J connectivity index is 1.62. The lowest BCUT2D eigenvalue weighted by atomic mass is 10.2. The molecular weight excluding hydrogens is 351 g/mol. The molecule has 0 unspecified atom stereocenters. The molecule has 0 spiro atoms. The molecule has 0 bridgehead atoms. The standard InChI is InChI=1S/C19H19FN4O3/c20-16-7-4-8-17(15(16)11-21)22-9-10-23-18(25)12-24-19(26)13-27-14-5-2-1-3-6-14/h1-8,22H,9-10,12-13H2,(H,23,25)(H,24,26).